The van der Waals surface area contributed by atoms with E-state index in [-0.39, 0.29) is 5.91 Å². The monoisotopic (exact) mass is 331 g/mol. The first kappa shape index (κ1) is 16.2. The molecule has 122 valence electrons. The van der Waals surface area contributed by atoms with Crippen molar-refractivity contribution < 1.29 is 4.79 Å². The molecular weight excluding hydrogens is 310 g/mol. The summed E-state index contributed by atoms with van der Waals surface area (Å²) in [5.74, 6) is 0.410. The van der Waals surface area contributed by atoms with Gasteiger partial charge in [0.1, 0.15) is 0 Å². The van der Waals surface area contributed by atoms with Crippen LogP contribution in [0.1, 0.15) is 11.1 Å². The van der Waals surface area contributed by atoms with E-state index in [2.05, 4.69) is 44.5 Å². The van der Waals surface area contributed by atoms with Crippen LogP contribution in [0.3, 0.4) is 0 Å². The number of nitrogens with one attached hydrogen (secondary N) is 1. The van der Waals surface area contributed by atoms with Crippen molar-refractivity contribution in [2.75, 3.05) is 39.0 Å². The topological polar surface area (TPSA) is 60.3 Å². The molecule has 1 amide bonds. The van der Waals surface area contributed by atoms with Crippen molar-refractivity contribution in [3.05, 3.63) is 35.4 Å². The van der Waals surface area contributed by atoms with Crippen molar-refractivity contribution in [2.45, 2.75) is 6.54 Å². The minimum atomic E-state index is -0.0156. The summed E-state index contributed by atoms with van der Waals surface area (Å²) in [6, 6.07) is 8.35. The van der Waals surface area contributed by atoms with E-state index in [1.54, 1.807) is 6.21 Å². The number of amidine groups is 1. The lowest BCUT2D eigenvalue weighted by Crippen LogP contribution is -2.43. The minimum absolute atomic E-state index is 0.0156. The number of carbonyl (C=O) groups is 1. The Morgan fingerprint density at radius 1 is 1.30 bits per heavy atom. The van der Waals surface area contributed by atoms with Gasteiger partial charge in [0.15, 0.2) is 5.17 Å². The Bertz CT molecular complexity index is 623. The fourth-order valence-electron chi connectivity index (χ4n) is 2.56. The van der Waals surface area contributed by atoms with Gasteiger partial charge >= 0.3 is 0 Å². The third-order valence-corrected chi connectivity index (χ3v) is 4.76. The number of piperazine rings is 1. The van der Waals surface area contributed by atoms with Crippen molar-refractivity contribution in [1.29, 1.82) is 0 Å². The first-order valence-electron chi connectivity index (χ1n) is 7.72. The zero-order valence-corrected chi connectivity index (χ0v) is 14.1. The molecule has 2 aliphatic rings. The van der Waals surface area contributed by atoms with Gasteiger partial charge in [0.05, 0.1) is 12.0 Å². The van der Waals surface area contributed by atoms with Crippen LogP contribution >= 0.6 is 11.8 Å². The number of likely N-dealkylation sites (N-methyl/N-ethyl adjacent to an activating group) is 1. The van der Waals surface area contributed by atoms with Gasteiger partial charge in [-0.05, 0) is 24.2 Å². The smallest absolute Gasteiger partial charge is 0.236 e. The summed E-state index contributed by atoms with van der Waals surface area (Å²) in [5, 5.41) is 11.3. The van der Waals surface area contributed by atoms with E-state index in [9.17, 15) is 4.79 Å². The van der Waals surface area contributed by atoms with Crippen molar-refractivity contribution in [3.8, 4) is 0 Å². The molecule has 0 unspecified atom stereocenters. The number of thioether (sulfide) groups is 1. The Balaban J connectivity index is 1.57. The molecule has 1 aromatic carbocycles. The van der Waals surface area contributed by atoms with Gasteiger partial charge in [0.2, 0.25) is 5.91 Å². The van der Waals surface area contributed by atoms with Crippen LogP contribution in [0.15, 0.2) is 34.5 Å². The Labute approximate surface area is 140 Å². The van der Waals surface area contributed by atoms with Crippen LogP contribution in [0.2, 0.25) is 0 Å². The molecule has 2 fully saturated rings. The van der Waals surface area contributed by atoms with E-state index in [0.717, 1.165) is 38.3 Å². The van der Waals surface area contributed by atoms with E-state index in [0.29, 0.717) is 10.9 Å². The molecule has 0 atom stereocenters. The summed E-state index contributed by atoms with van der Waals surface area (Å²) in [6.07, 6.45) is 1.73. The first-order valence-corrected chi connectivity index (χ1v) is 8.71. The molecule has 0 bridgehead atoms. The highest BCUT2D eigenvalue weighted by atomic mass is 32.2. The molecule has 0 aromatic heterocycles. The molecule has 2 heterocycles. The molecule has 1 N–H and O–H groups in total. The third kappa shape index (κ3) is 4.89. The average molecular weight is 331 g/mol. The zero-order chi connectivity index (χ0) is 16.1. The SMILES string of the molecule is CN1CCN(Cc2cccc(C=NN=C3NC(=O)CS3)c2)CC1. The van der Waals surface area contributed by atoms with Crippen LogP contribution in [-0.4, -0.2) is 66.1 Å². The van der Waals surface area contributed by atoms with Crippen molar-refractivity contribution in [3.63, 3.8) is 0 Å². The second kappa shape index (κ2) is 7.72. The Morgan fingerprint density at radius 3 is 2.87 bits per heavy atom. The predicted octanol–water partition coefficient (Wildman–Crippen LogP) is 0.987. The lowest BCUT2D eigenvalue weighted by atomic mass is 10.1. The zero-order valence-electron chi connectivity index (χ0n) is 13.2. The van der Waals surface area contributed by atoms with Gasteiger partial charge in [-0.25, -0.2) is 0 Å². The van der Waals surface area contributed by atoms with Crippen LogP contribution in [0.25, 0.3) is 0 Å². The largest absolute Gasteiger partial charge is 0.304 e. The van der Waals surface area contributed by atoms with Crippen molar-refractivity contribution in [1.82, 2.24) is 15.1 Å². The van der Waals surface area contributed by atoms with E-state index < -0.39 is 0 Å². The summed E-state index contributed by atoms with van der Waals surface area (Å²) in [6.45, 7) is 5.44. The van der Waals surface area contributed by atoms with Crippen molar-refractivity contribution >= 4 is 29.1 Å². The van der Waals surface area contributed by atoms with Gasteiger partial charge in [-0.15, -0.1) is 5.10 Å². The standard InChI is InChI=1S/C16H21N5OS/c1-20-5-7-21(8-6-20)11-14-4-2-3-13(9-14)10-17-19-16-18-15(22)12-23-16/h2-4,9-10H,5-8,11-12H2,1H3,(H,18,19,22). The van der Waals surface area contributed by atoms with E-state index in [1.165, 1.54) is 17.3 Å². The quantitative estimate of drug-likeness (QED) is 0.660. The second-order valence-corrected chi connectivity index (χ2v) is 6.78. The predicted molar refractivity (Wildman–Crippen MR) is 94.8 cm³/mol. The summed E-state index contributed by atoms with van der Waals surface area (Å²) in [4.78, 5) is 15.9. The maximum atomic E-state index is 11.1. The Hall–Kier alpha value is -1.70. The number of benzene rings is 1. The molecule has 2 saturated heterocycles. The Kier molecular flexibility index (Phi) is 5.43. The fraction of sp³-hybridized carbons (Fsp3) is 0.438. The highest BCUT2D eigenvalue weighted by Gasteiger charge is 2.16. The lowest BCUT2D eigenvalue weighted by Gasteiger charge is -2.32. The number of nitrogens with zero attached hydrogens (tertiary/aromatic N) is 4. The van der Waals surface area contributed by atoms with Crippen molar-refractivity contribution in [2.24, 2.45) is 10.2 Å². The van der Waals surface area contributed by atoms with Gasteiger partial charge in [-0.1, -0.05) is 30.0 Å². The fourth-order valence-corrected chi connectivity index (χ4v) is 3.19. The number of amides is 1. The lowest BCUT2D eigenvalue weighted by molar-refractivity contribution is -0.116. The average Bonchev–Trinajstić information content (AvgIpc) is 2.96. The maximum Gasteiger partial charge on any atom is 0.236 e. The molecule has 3 rings (SSSR count). The van der Waals surface area contributed by atoms with Gasteiger partial charge in [0.25, 0.3) is 0 Å². The second-order valence-electron chi connectivity index (χ2n) is 5.81. The van der Waals surface area contributed by atoms with E-state index >= 15 is 0 Å². The molecule has 7 heteroatoms. The minimum Gasteiger partial charge on any atom is -0.304 e. The molecule has 2 aliphatic heterocycles. The number of rotatable bonds is 4. The van der Waals surface area contributed by atoms with Crippen LogP contribution in [0.4, 0.5) is 0 Å². The molecule has 0 spiro atoms. The summed E-state index contributed by atoms with van der Waals surface area (Å²) < 4.78 is 0. The van der Waals surface area contributed by atoms with E-state index in [1.807, 2.05) is 12.1 Å². The van der Waals surface area contributed by atoms with Gasteiger partial charge < -0.3 is 10.2 Å². The summed E-state index contributed by atoms with van der Waals surface area (Å²) in [7, 11) is 2.17. The molecule has 0 radical (unpaired) electrons. The van der Waals surface area contributed by atoms with Crippen LogP contribution < -0.4 is 5.32 Å². The van der Waals surface area contributed by atoms with Gasteiger partial charge in [-0.3, -0.25) is 9.69 Å². The first-order chi connectivity index (χ1) is 11.2. The van der Waals surface area contributed by atoms with Crippen LogP contribution in [0, 0.1) is 0 Å². The van der Waals surface area contributed by atoms with Crippen LogP contribution in [-0.2, 0) is 11.3 Å². The molecule has 0 saturated carbocycles. The molecule has 6 nitrogen and oxygen atoms in total. The van der Waals surface area contributed by atoms with E-state index in [4.69, 9.17) is 0 Å². The molecule has 23 heavy (non-hydrogen) atoms. The Morgan fingerprint density at radius 2 is 2.13 bits per heavy atom. The van der Waals surface area contributed by atoms with Gasteiger partial charge in [-0.2, -0.15) is 5.10 Å². The number of carbonyl (C=O) groups excluding carboxylic acids is 1. The summed E-state index contributed by atoms with van der Waals surface area (Å²) >= 11 is 1.38. The summed E-state index contributed by atoms with van der Waals surface area (Å²) in [5.41, 5.74) is 2.31. The third-order valence-electron chi connectivity index (χ3n) is 3.89. The van der Waals surface area contributed by atoms with Crippen LogP contribution in [0.5, 0.6) is 0 Å². The highest BCUT2D eigenvalue weighted by Crippen LogP contribution is 2.11. The normalized spacial score (nSPS) is 22.1. The maximum absolute atomic E-state index is 11.1. The number of hydrogen-bond donors (Lipinski definition) is 1. The van der Waals surface area contributed by atoms with Gasteiger partial charge in [0, 0.05) is 32.7 Å². The molecule has 1 aromatic rings. The molecule has 0 aliphatic carbocycles. The molecular formula is C16H21N5OS. The number of hydrogen-bond acceptors (Lipinski definition) is 6. The highest BCUT2D eigenvalue weighted by molar-refractivity contribution is 8.15.